The Labute approximate surface area is 119 Å². The average Bonchev–Trinajstić information content (AvgIpc) is 3.00. The van der Waals surface area contributed by atoms with Gasteiger partial charge in [0.1, 0.15) is 0 Å². The Morgan fingerprint density at radius 2 is 2.10 bits per heavy atom. The van der Waals surface area contributed by atoms with E-state index in [0.29, 0.717) is 6.04 Å². The van der Waals surface area contributed by atoms with Crippen molar-refractivity contribution in [1.29, 1.82) is 0 Å². The minimum atomic E-state index is 0.356. The lowest BCUT2D eigenvalue weighted by Crippen LogP contribution is -2.22. The van der Waals surface area contributed by atoms with Crippen molar-refractivity contribution in [2.24, 2.45) is 0 Å². The summed E-state index contributed by atoms with van der Waals surface area (Å²) in [6.07, 6.45) is 7.32. The number of aryl methyl sites for hydroxylation is 2. The lowest BCUT2D eigenvalue weighted by molar-refractivity contribution is 0.408. The first kappa shape index (κ1) is 13.3. The molecule has 0 saturated carbocycles. The van der Waals surface area contributed by atoms with Crippen molar-refractivity contribution in [1.82, 2.24) is 15.5 Å². The van der Waals surface area contributed by atoms with Crippen molar-refractivity contribution < 1.29 is 4.52 Å². The van der Waals surface area contributed by atoms with Gasteiger partial charge in [-0.1, -0.05) is 23.4 Å². The van der Waals surface area contributed by atoms with E-state index in [2.05, 4.69) is 40.6 Å². The van der Waals surface area contributed by atoms with Gasteiger partial charge in [0.15, 0.2) is 5.82 Å². The van der Waals surface area contributed by atoms with E-state index in [0.717, 1.165) is 18.8 Å². The molecule has 1 aromatic heterocycles. The Kier molecular flexibility index (Phi) is 4.11. The van der Waals surface area contributed by atoms with E-state index in [1.54, 1.807) is 11.1 Å². The maximum Gasteiger partial charge on any atom is 0.213 e. The molecule has 1 N–H and O–H groups in total. The number of nitrogens with one attached hydrogen (secondary N) is 1. The Hall–Kier alpha value is -1.68. The molecule has 0 bridgehead atoms. The number of nitrogens with zero attached hydrogens (tertiary/aromatic N) is 2. The van der Waals surface area contributed by atoms with Gasteiger partial charge in [-0.15, -0.1) is 0 Å². The first-order valence-corrected chi connectivity index (χ1v) is 7.43. The SMILES string of the molecule is CC(NCCc1ncon1)c1ccc2c(c1)CCCC2. The Bertz CT molecular complexity index is 551. The lowest BCUT2D eigenvalue weighted by atomic mass is 9.89. The molecule has 4 nitrogen and oxygen atoms in total. The van der Waals surface area contributed by atoms with Crippen LogP contribution in [0, 0.1) is 0 Å². The molecule has 1 heterocycles. The lowest BCUT2D eigenvalue weighted by Gasteiger charge is -2.20. The van der Waals surface area contributed by atoms with Crippen molar-refractivity contribution in [3.63, 3.8) is 0 Å². The largest absolute Gasteiger partial charge is 0.343 e. The number of hydrogen-bond donors (Lipinski definition) is 1. The van der Waals surface area contributed by atoms with E-state index in [1.807, 2.05) is 0 Å². The van der Waals surface area contributed by atoms with Crippen LogP contribution in [-0.2, 0) is 19.3 Å². The van der Waals surface area contributed by atoms with Crippen molar-refractivity contribution in [3.05, 3.63) is 47.1 Å². The highest BCUT2D eigenvalue weighted by molar-refractivity contribution is 5.35. The first-order chi connectivity index (χ1) is 9.83. The molecule has 0 fully saturated rings. The molecule has 0 radical (unpaired) electrons. The Morgan fingerprint density at radius 3 is 2.90 bits per heavy atom. The van der Waals surface area contributed by atoms with Gasteiger partial charge in [0, 0.05) is 19.0 Å². The zero-order chi connectivity index (χ0) is 13.8. The highest BCUT2D eigenvalue weighted by Crippen LogP contribution is 2.24. The topological polar surface area (TPSA) is 51.0 Å². The maximum absolute atomic E-state index is 4.73. The quantitative estimate of drug-likeness (QED) is 0.908. The summed E-state index contributed by atoms with van der Waals surface area (Å²) in [4.78, 5) is 4.03. The van der Waals surface area contributed by atoms with Gasteiger partial charge in [-0.05, 0) is 49.3 Å². The fraction of sp³-hybridized carbons (Fsp3) is 0.500. The third-order valence-electron chi connectivity index (χ3n) is 4.08. The van der Waals surface area contributed by atoms with Gasteiger partial charge in [-0.3, -0.25) is 0 Å². The molecule has 2 aromatic rings. The van der Waals surface area contributed by atoms with E-state index in [1.165, 1.54) is 37.6 Å². The number of fused-ring (bicyclic) bond motifs is 1. The van der Waals surface area contributed by atoms with Crippen LogP contribution in [0.15, 0.2) is 29.1 Å². The summed E-state index contributed by atoms with van der Waals surface area (Å²) in [6, 6.07) is 7.30. The predicted octanol–water partition coefficient (Wildman–Crippen LogP) is 2.84. The maximum atomic E-state index is 4.73. The van der Waals surface area contributed by atoms with Gasteiger partial charge in [-0.25, -0.2) is 0 Å². The second kappa shape index (κ2) is 6.18. The highest BCUT2D eigenvalue weighted by atomic mass is 16.5. The minimum absolute atomic E-state index is 0.356. The van der Waals surface area contributed by atoms with Crippen molar-refractivity contribution >= 4 is 0 Å². The normalized spacial score (nSPS) is 15.8. The molecule has 1 aliphatic carbocycles. The second-order valence-electron chi connectivity index (χ2n) is 5.51. The molecule has 0 saturated heterocycles. The van der Waals surface area contributed by atoms with E-state index in [-0.39, 0.29) is 0 Å². The third-order valence-corrected chi connectivity index (χ3v) is 4.08. The molecule has 1 aromatic carbocycles. The van der Waals surface area contributed by atoms with Crippen molar-refractivity contribution in [3.8, 4) is 0 Å². The van der Waals surface area contributed by atoms with Crippen LogP contribution in [0.4, 0.5) is 0 Å². The van der Waals surface area contributed by atoms with Crippen LogP contribution in [0.3, 0.4) is 0 Å². The summed E-state index contributed by atoms with van der Waals surface area (Å²) >= 11 is 0. The number of aromatic nitrogens is 2. The summed E-state index contributed by atoms with van der Waals surface area (Å²) in [5, 5.41) is 7.34. The second-order valence-corrected chi connectivity index (χ2v) is 5.51. The standard InChI is InChI=1S/C16H21N3O/c1-12(17-9-8-16-18-11-20-19-16)14-7-6-13-4-2-3-5-15(13)10-14/h6-7,10-12,17H,2-5,8-9H2,1H3. The van der Waals surface area contributed by atoms with Crippen molar-refractivity contribution in [2.45, 2.75) is 45.1 Å². The fourth-order valence-corrected chi connectivity index (χ4v) is 2.84. The van der Waals surface area contributed by atoms with Crippen LogP contribution >= 0.6 is 0 Å². The highest BCUT2D eigenvalue weighted by Gasteiger charge is 2.12. The minimum Gasteiger partial charge on any atom is -0.343 e. The fourth-order valence-electron chi connectivity index (χ4n) is 2.84. The zero-order valence-corrected chi connectivity index (χ0v) is 11.9. The van der Waals surface area contributed by atoms with Crippen LogP contribution in [0.1, 0.15) is 48.3 Å². The Morgan fingerprint density at radius 1 is 1.25 bits per heavy atom. The number of rotatable bonds is 5. The molecule has 3 rings (SSSR count). The molecule has 0 amide bonds. The number of benzene rings is 1. The molecule has 1 unspecified atom stereocenters. The summed E-state index contributed by atoms with van der Waals surface area (Å²) < 4.78 is 4.73. The summed E-state index contributed by atoms with van der Waals surface area (Å²) in [5.74, 6) is 0.759. The van der Waals surface area contributed by atoms with Crippen LogP contribution in [0.25, 0.3) is 0 Å². The van der Waals surface area contributed by atoms with Gasteiger partial charge >= 0.3 is 0 Å². The molecule has 0 spiro atoms. The van der Waals surface area contributed by atoms with Crippen LogP contribution in [-0.4, -0.2) is 16.7 Å². The number of hydrogen-bond acceptors (Lipinski definition) is 4. The third kappa shape index (κ3) is 3.07. The first-order valence-electron chi connectivity index (χ1n) is 7.43. The van der Waals surface area contributed by atoms with Crippen LogP contribution < -0.4 is 5.32 Å². The summed E-state index contributed by atoms with van der Waals surface area (Å²) in [7, 11) is 0. The monoisotopic (exact) mass is 271 g/mol. The van der Waals surface area contributed by atoms with Gasteiger partial charge < -0.3 is 9.84 Å². The van der Waals surface area contributed by atoms with Gasteiger partial charge in [-0.2, -0.15) is 4.98 Å². The van der Waals surface area contributed by atoms with E-state index in [4.69, 9.17) is 4.52 Å². The van der Waals surface area contributed by atoms with Crippen LogP contribution in [0.5, 0.6) is 0 Å². The molecule has 4 heteroatoms. The van der Waals surface area contributed by atoms with Gasteiger partial charge in [0.2, 0.25) is 6.39 Å². The molecule has 1 atom stereocenters. The molecule has 1 aliphatic rings. The molecular weight excluding hydrogens is 250 g/mol. The molecular formula is C16H21N3O. The summed E-state index contributed by atoms with van der Waals surface area (Å²) in [6.45, 7) is 3.07. The van der Waals surface area contributed by atoms with Crippen molar-refractivity contribution in [2.75, 3.05) is 6.54 Å². The van der Waals surface area contributed by atoms with Crippen LogP contribution in [0.2, 0.25) is 0 Å². The molecule has 20 heavy (non-hydrogen) atoms. The summed E-state index contributed by atoms with van der Waals surface area (Å²) in [5.41, 5.74) is 4.46. The molecule has 0 aliphatic heterocycles. The van der Waals surface area contributed by atoms with Gasteiger partial charge in [0.05, 0.1) is 0 Å². The smallest absolute Gasteiger partial charge is 0.213 e. The predicted molar refractivity (Wildman–Crippen MR) is 77.5 cm³/mol. The molecule has 106 valence electrons. The average molecular weight is 271 g/mol. The van der Waals surface area contributed by atoms with E-state index < -0.39 is 0 Å². The zero-order valence-electron chi connectivity index (χ0n) is 11.9. The Balaban J connectivity index is 1.57. The van der Waals surface area contributed by atoms with E-state index >= 15 is 0 Å². The van der Waals surface area contributed by atoms with Gasteiger partial charge in [0.25, 0.3) is 0 Å². The van der Waals surface area contributed by atoms with E-state index in [9.17, 15) is 0 Å².